The number of pyridine rings is 1. The number of hydrogen-bond acceptors (Lipinski definition) is 4. The number of nitrogens with zero attached hydrogens (tertiary/aromatic N) is 2. The van der Waals surface area contributed by atoms with E-state index in [4.69, 9.17) is 5.73 Å². The standard InChI is InChI=1S/C17H16F3N3OS/c1-3-5-6-11(4-2)10-23-13(15-22-7-8-25-15)9-12(17(18,19)20)14(21)16(23)24/h3-9H,1,10,21H2,2H3/b6-5-,11-4+. The quantitative estimate of drug-likeness (QED) is 0.803. The summed E-state index contributed by atoms with van der Waals surface area (Å²) in [6, 6.07) is 0.875. The van der Waals surface area contributed by atoms with Gasteiger partial charge in [-0.15, -0.1) is 11.3 Å². The van der Waals surface area contributed by atoms with Gasteiger partial charge in [-0.3, -0.25) is 9.36 Å². The van der Waals surface area contributed by atoms with E-state index in [0.717, 1.165) is 23.0 Å². The van der Waals surface area contributed by atoms with E-state index in [1.807, 2.05) is 0 Å². The third kappa shape index (κ3) is 4.08. The number of nitrogen functional groups attached to an aromatic ring is 1. The topological polar surface area (TPSA) is 60.9 Å². The maximum atomic E-state index is 13.2. The number of thiazole rings is 1. The first-order valence-corrected chi connectivity index (χ1v) is 8.12. The molecule has 0 aliphatic rings. The van der Waals surface area contributed by atoms with Crippen molar-refractivity contribution in [2.75, 3.05) is 5.73 Å². The highest BCUT2D eigenvalue weighted by molar-refractivity contribution is 7.13. The zero-order chi connectivity index (χ0) is 18.6. The molecule has 0 atom stereocenters. The number of hydrogen-bond donors (Lipinski definition) is 1. The predicted octanol–water partition coefficient (Wildman–Crippen LogP) is 4.26. The third-order valence-corrected chi connectivity index (χ3v) is 4.25. The van der Waals surface area contributed by atoms with E-state index in [0.29, 0.717) is 5.01 Å². The van der Waals surface area contributed by atoms with Crippen LogP contribution in [0.2, 0.25) is 0 Å². The molecule has 2 rings (SSSR count). The lowest BCUT2D eigenvalue weighted by Crippen LogP contribution is -2.28. The van der Waals surface area contributed by atoms with Crippen molar-refractivity contribution >= 4 is 17.0 Å². The van der Waals surface area contributed by atoms with Crippen LogP contribution >= 0.6 is 11.3 Å². The van der Waals surface area contributed by atoms with E-state index in [1.165, 1.54) is 10.8 Å². The highest BCUT2D eigenvalue weighted by Crippen LogP contribution is 2.35. The Morgan fingerprint density at radius 3 is 2.72 bits per heavy atom. The highest BCUT2D eigenvalue weighted by atomic mass is 32.1. The van der Waals surface area contributed by atoms with E-state index >= 15 is 0 Å². The Labute approximate surface area is 146 Å². The Kier molecular flexibility index (Phi) is 5.63. The summed E-state index contributed by atoms with van der Waals surface area (Å²) in [4.78, 5) is 16.6. The van der Waals surface area contributed by atoms with Gasteiger partial charge in [0.05, 0.1) is 17.8 Å². The molecule has 2 heterocycles. The Morgan fingerprint density at radius 1 is 1.48 bits per heavy atom. The Balaban J connectivity index is 2.70. The summed E-state index contributed by atoms with van der Waals surface area (Å²) in [6.07, 6.45) is 3.46. The van der Waals surface area contributed by atoms with E-state index in [2.05, 4.69) is 11.6 Å². The number of allylic oxidation sites excluding steroid dienone is 5. The van der Waals surface area contributed by atoms with Crippen LogP contribution in [0.5, 0.6) is 0 Å². The number of nitrogens with two attached hydrogens (primary N) is 1. The first kappa shape index (κ1) is 18.7. The van der Waals surface area contributed by atoms with E-state index < -0.39 is 23.0 Å². The van der Waals surface area contributed by atoms with Crippen LogP contribution in [0.25, 0.3) is 10.7 Å². The summed E-state index contributed by atoms with van der Waals surface area (Å²) in [5.74, 6) is 0. The van der Waals surface area contributed by atoms with Gasteiger partial charge in [0.25, 0.3) is 5.56 Å². The predicted molar refractivity (Wildman–Crippen MR) is 94.3 cm³/mol. The molecule has 0 aliphatic carbocycles. The van der Waals surface area contributed by atoms with Crippen molar-refractivity contribution in [3.8, 4) is 10.7 Å². The van der Waals surface area contributed by atoms with Gasteiger partial charge >= 0.3 is 6.18 Å². The largest absolute Gasteiger partial charge is 0.418 e. The lowest BCUT2D eigenvalue weighted by molar-refractivity contribution is -0.137. The van der Waals surface area contributed by atoms with Gasteiger partial charge in [-0.2, -0.15) is 13.2 Å². The minimum Gasteiger partial charge on any atom is -0.394 e. The molecule has 4 nitrogen and oxygen atoms in total. The molecule has 2 N–H and O–H groups in total. The van der Waals surface area contributed by atoms with Crippen LogP contribution in [0.1, 0.15) is 12.5 Å². The smallest absolute Gasteiger partial charge is 0.394 e. The Hall–Kier alpha value is -2.61. The molecule has 0 fully saturated rings. The van der Waals surface area contributed by atoms with Crippen LogP contribution in [0.3, 0.4) is 0 Å². The summed E-state index contributed by atoms with van der Waals surface area (Å²) in [5, 5.41) is 1.94. The van der Waals surface area contributed by atoms with Crippen LogP contribution < -0.4 is 11.3 Å². The van der Waals surface area contributed by atoms with Crippen molar-refractivity contribution in [2.24, 2.45) is 0 Å². The SMILES string of the molecule is C=C/C=C\C(=C/C)Cn1c(-c2nccs2)cc(C(F)(F)F)c(N)c1=O. The average molecular weight is 367 g/mol. The van der Waals surface area contributed by atoms with Gasteiger partial charge < -0.3 is 5.73 Å². The number of halogens is 3. The molecule has 0 aromatic carbocycles. The van der Waals surface area contributed by atoms with Crippen LogP contribution in [-0.2, 0) is 12.7 Å². The summed E-state index contributed by atoms with van der Waals surface area (Å²) in [6.45, 7) is 5.40. The molecule has 2 aromatic rings. The molecule has 25 heavy (non-hydrogen) atoms. The molecular formula is C17H16F3N3OS. The maximum Gasteiger partial charge on any atom is 0.418 e. The fourth-order valence-electron chi connectivity index (χ4n) is 2.20. The van der Waals surface area contributed by atoms with Gasteiger partial charge in [-0.1, -0.05) is 30.9 Å². The summed E-state index contributed by atoms with van der Waals surface area (Å²) < 4.78 is 40.8. The van der Waals surface area contributed by atoms with Crippen LogP contribution in [0.4, 0.5) is 18.9 Å². The minimum absolute atomic E-state index is 0.0664. The van der Waals surface area contributed by atoms with Crippen LogP contribution in [0.15, 0.2) is 58.9 Å². The van der Waals surface area contributed by atoms with Crippen molar-refractivity contribution in [1.29, 1.82) is 0 Å². The molecule has 0 amide bonds. The van der Waals surface area contributed by atoms with Crippen molar-refractivity contribution in [2.45, 2.75) is 19.6 Å². The Bertz CT molecular complexity index is 878. The second kappa shape index (κ2) is 7.52. The normalized spacial score (nSPS) is 12.7. The second-order valence-electron chi connectivity index (χ2n) is 5.04. The molecule has 0 aliphatic heterocycles. The zero-order valence-corrected chi connectivity index (χ0v) is 14.2. The monoisotopic (exact) mass is 367 g/mol. The summed E-state index contributed by atoms with van der Waals surface area (Å²) in [5.41, 5.74) is 3.41. The first-order chi connectivity index (χ1) is 11.8. The van der Waals surface area contributed by atoms with Gasteiger partial charge in [0.15, 0.2) is 0 Å². The number of aromatic nitrogens is 2. The molecular weight excluding hydrogens is 351 g/mol. The molecule has 0 unspecified atom stereocenters. The fourth-order valence-corrected chi connectivity index (χ4v) is 2.86. The minimum atomic E-state index is -4.72. The molecule has 8 heteroatoms. The summed E-state index contributed by atoms with van der Waals surface area (Å²) >= 11 is 1.14. The first-order valence-electron chi connectivity index (χ1n) is 7.24. The second-order valence-corrected chi connectivity index (χ2v) is 5.94. The number of alkyl halides is 3. The number of anilines is 1. The van der Waals surface area contributed by atoms with Gasteiger partial charge in [-0.05, 0) is 18.6 Å². The van der Waals surface area contributed by atoms with Crippen molar-refractivity contribution in [3.63, 3.8) is 0 Å². The Morgan fingerprint density at radius 2 is 2.20 bits per heavy atom. The molecule has 0 bridgehead atoms. The molecule has 0 saturated carbocycles. The van der Waals surface area contributed by atoms with Crippen molar-refractivity contribution < 1.29 is 13.2 Å². The van der Waals surface area contributed by atoms with Gasteiger partial charge in [0.2, 0.25) is 0 Å². The molecule has 0 spiro atoms. The molecule has 132 valence electrons. The van der Waals surface area contributed by atoms with Gasteiger partial charge in [0.1, 0.15) is 10.7 Å². The summed E-state index contributed by atoms with van der Waals surface area (Å²) in [7, 11) is 0. The molecule has 0 saturated heterocycles. The van der Waals surface area contributed by atoms with E-state index in [9.17, 15) is 18.0 Å². The zero-order valence-electron chi connectivity index (χ0n) is 13.4. The third-order valence-electron chi connectivity index (χ3n) is 3.45. The van der Waals surface area contributed by atoms with Gasteiger partial charge in [-0.25, -0.2) is 4.98 Å². The molecule has 0 radical (unpaired) electrons. The maximum absolute atomic E-state index is 13.2. The number of rotatable bonds is 5. The van der Waals surface area contributed by atoms with E-state index in [-0.39, 0.29) is 12.2 Å². The van der Waals surface area contributed by atoms with Crippen molar-refractivity contribution in [1.82, 2.24) is 9.55 Å². The highest BCUT2D eigenvalue weighted by Gasteiger charge is 2.35. The van der Waals surface area contributed by atoms with Gasteiger partial charge in [0, 0.05) is 11.6 Å². The van der Waals surface area contributed by atoms with Crippen LogP contribution in [-0.4, -0.2) is 9.55 Å². The fraction of sp³-hybridized carbons (Fsp3) is 0.176. The van der Waals surface area contributed by atoms with Crippen LogP contribution in [0, 0.1) is 0 Å². The lowest BCUT2D eigenvalue weighted by Gasteiger charge is -2.17. The lowest BCUT2D eigenvalue weighted by atomic mass is 10.1. The molecule has 2 aromatic heterocycles. The average Bonchev–Trinajstić information content (AvgIpc) is 3.08. The van der Waals surface area contributed by atoms with Crippen molar-refractivity contribution in [3.05, 3.63) is 70.0 Å². The van der Waals surface area contributed by atoms with E-state index in [1.54, 1.807) is 36.6 Å².